The minimum atomic E-state index is 0.133. The van der Waals surface area contributed by atoms with E-state index >= 15 is 0 Å². The van der Waals surface area contributed by atoms with Gasteiger partial charge in [0.15, 0.2) is 0 Å². The molecule has 1 unspecified atom stereocenters. The number of hydrogen-bond acceptors (Lipinski definition) is 2. The molecule has 0 saturated heterocycles. The van der Waals surface area contributed by atoms with Crippen molar-refractivity contribution in [2.75, 3.05) is 0 Å². The number of hydrogen-bond donors (Lipinski definition) is 0. The Balaban J connectivity index is 2.31. The van der Waals surface area contributed by atoms with Crippen molar-refractivity contribution in [1.29, 1.82) is 0 Å². The van der Waals surface area contributed by atoms with Gasteiger partial charge in [-0.3, -0.25) is 4.79 Å². The Hall–Kier alpha value is -0.760. The molecule has 0 heterocycles. The molecule has 0 spiro atoms. The summed E-state index contributed by atoms with van der Waals surface area (Å²) in [7, 11) is 0. The number of benzene rings is 1. The third-order valence-corrected chi connectivity index (χ3v) is 4.70. The van der Waals surface area contributed by atoms with Crippen molar-refractivity contribution in [1.82, 2.24) is 0 Å². The van der Waals surface area contributed by atoms with Crippen LogP contribution in [0.4, 0.5) is 0 Å². The smallest absolute Gasteiger partial charge is 0.146 e. The van der Waals surface area contributed by atoms with Gasteiger partial charge in [-0.25, -0.2) is 0 Å². The number of carbonyl (C=O) groups is 1. The molecule has 2 heteroatoms. The third-order valence-electron chi connectivity index (χ3n) is 3.28. The van der Waals surface area contributed by atoms with Crippen LogP contribution in [-0.4, -0.2) is 11.0 Å². The summed E-state index contributed by atoms with van der Waals surface area (Å²) in [5.41, 5.74) is 0. The molecule has 0 aliphatic rings. The molecule has 1 rings (SSSR count). The molecule has 1 aromatic rings. The van der Waals surface area contributed by atoms with Crippen molar-refractivity contribution < 1.29 is 4.79 Å². The van der Waals surface area contributed by atoms with Gasteiger partial charge in [0, 0.05) is 11.3 Å². The molecule has 0 amide bonds. The van der Waals surface area contributed by atoms with E-state index in [0.717, 1.165) is 19.3 Å². The molecule has 0 aromatic heterocycles. The Labute approximate surface area is 122 Å². The van der Waals surface area contributed by atoms with E-state index in [4.69, 9.17) is 0 Å². The maximum Gasteiger partial charge on any atom is 0.146 e. The fourth-order valence-corrected chi connectivity index (χ4v) is 3.16. The summed E-state index contributed by atoms with van der Waals surface area (Å²) in [5.74, 6) is 0.424. The van der Waals surface area contributed by atoms with Crippen molar-refractivity contribution >= 4 is 17.5 Å². The number of carbonyl (C=O) groups excluding carboxylic acids is 1. The van der Waals surface area contributed by atoms with Crippen molar-refractivity contribution in [3.63, 3.8) is 0 Å². The monoisotopic (exact) mass is 278 g/mol. The predicted octanol–water partition coefficient (Wildman–Crippen LogP) is 5.49. The molecule has 1 atom stereocenters. The van der Waals surface area contributed by atoms with Crippen molar-refractivity contribution in [3.05, 3.63) is 30.3 Å². The summed E-state index contributed by atoms with van der Waals surface area (Å²) in [6.45, 7) is 4.32. The molecular weight excluding hydrogens is 252 g/mol. The normalized spacial score (nSPS) is 12.3. The second-order valence-electron chi connectivity index (χ2n) is 4.96. The largest absolute Gasteiger partial charge is 0.298 e. The molecule has 1 nitrogen and oxygen atoms in total. The van der Waals surface area contributed by atoms with Crippen LogP contribution in [-0.2, 0) is 4.79 Å². The molecule has 0 N–H and O–H groups in total. The maximum absolute atomic E-state index is 12.2. The van der Waals surface area contributed by atoms with E-state index in [9.17, 15) is 4.79 Å². The van der Waals surface area contributed by atoms with Gasteiger partial charge < -0.3 is 0 Å². The quantitative estimate of drug-likeness (QED) is 0.416. The molecule has 0 fully saturated rings. The van der Waals surface area contributed by atoms with Crippen molar-refractivity contribution in [3.8, 4) is 0 Å². The van der Waals surface area contributed by atoms with Crippen molar-refractivity contribution in [2.45, 2.75) is 68.9 Å². The SMILES string of the molecule is CCCCCCCC(=O)C(CC)Sc1ccccc1. The number of ketones is 1. The predicted molar refractivity (Wildman–Crippen MR) is 84.8 cm³/mol. The average Bonchev–Trinajstić information content (AvgIpc) is 2.45. The average molecular weight is 278 g/mol. The molecule has 0 bridgehead atoms. The number of Topliss-reactive ketones (excluding diaryl/α,β-unsaturated/α-hetero) is 1. The van der Waals surface area contributed by atoms with Gasteiger partial charge in [0.25, 0.3) is 0 Å². The van der Waals surface area contributed by atoms with Crippen LogP contribution < -0.4 is 0 Å². The van der Waals surface area contributed by atoms with Crippen LogP contribution in [0.5, 0.6) is 0 Å². The summed E-state index contributed by atoms with van der Waals surface area (Å²) >= 11 is 1.72. The van der Waals surface area contributed by atoms with Gasteiger partial charge >= 0.3 is 0 Å². The lowest BCUT2D eigenvalue weighted by atomic mass is 10.1. The zero-order valence-electron chi connectivity index (χ0n) is 12.2. The molecule has 19 heavy (non-hydrogen) atoms. The molecular formula is C17H26OS. The van der Waals surface area contributed by atoms with Crippen LogP contribution in [0.15, 0.2) is 35.2 Å². The van der Waals surface area contributed by atoms with E-state index in [1.54, 1.807) is 11.8 Å². The molecule has 1 aromatic carbocycles. The zero-order chi connectivity index (χ0) is 13.9. The van der Waals surface area contributed by atoms with Crippen LogP contribution in [0.25, 0.3) is 0 Å². The Morgan fingerprint density at radius 1 is 1.05 bits per heavy atom. The van der Waals surface area contributed by atoms with Gasteiger partial charge in [0.05, 0.1) is 5.25 Å². The van der Waals surface area contributed by atoms with Crippen molar-refractivity contribution in [2.24, 2.45) is 0 Å². The standard InChI is InChI=1S/C17H26OS/c1-3-5-6-7-11-14-16(18)17(4-2)19-15-12-9-8-10-13-15/h8-10,12-13,17H,3-7,11,14H2,1-2H3. The van der Waals surface area contributed by atoms with Gasteiger partial charge in [-0.1, -0.05) is 57.7 Å². The van der Waals surface area contributed by atoms with E-state index < -0.39 is 0 Å². The highest BCUT2D eigenvalue weighted by molar-refractivity contribution is 8.00. The van der Waals surface area contributed by atoms with Gasteiger partial charge in [-0.05, 0) is 25.0 Å². The minimum Gasteiger partial charge on any atom is -0.298 e. The second-order valence-corrected chi connectivity index (χ2v) is 6.23. The first-order valence-electron chi connectivity index (χ1n) is 7.52. The summed E-state index contributed by atoms with van der Waals surface area (Å²) in [6.07, 6.45) is 7.76. The fourth-order valence-electron chi connectivity index (χ4n) is 2.10. The lowest BCUT2D eigenvalue weighted by Crippen LogP contribution is -2.15. The fraction of sp³-hybridized carbons (Fsp3) is 0.588. The molecule has 106 valence electrons. The highest BCUT2D eigenvalue weighted by Gasteiger charge is 2.16. The molecule has 0 aliphatic heterocycles. The molecule has 0 radical (unpaired) electrons. The number of rotatable bonds is 10. The first-order valence-corrected chi connectivity index (χ1v) is 8.40. The molecule has 0 saturated carbocycles. The van der Waals surface area contributed by atoms with Crippen LogP contribution in [0.1, 0.15) is 58.8 Å². The van der Waals surface area contributed by atoms with Gasteiger partial charge in [0.1, 0.15) is 5.78 Å². The zero-order valence-corrected chi connectivity index (χ0v) is 13.0. The van der Waals surface area contributed by atoms with E-state index in [1.807, 2.05) is 18.2 Å². The highest BCUT2D eigenvalue weighted by Crippen LogP contribution is 2.27. The third kappa shape index (κ3) is 6.81. The van der Waals surface area contributed by atoms with E-state index in [1.165, 1.54) is 30.6 Å². The Bertz CT molecular complexity index is 348. The first-order chi connectivity index (χ1) is 9.27. The lowest BCUT2D eigenvalue weighted by Gasteiger charge is -2.13. The summed E-state index contributed by atoms with van der Waals surface area (Å²) < 4.78 is 0. The second kappa shape index (κ2) is 10.1. The lowest BCUT2D eigenvalue weighted by molar-refractivity contribution is -0.118. The van der Waals surface area contributed by atoms with Crippen LogP contribution in [0, 0.1) is 0 Å². The minimum absolute atomic E-state index is 0.133. The van der Waals surface area contributed by atoms with Gasteiger partial charge in [-0.2, -0.15) is 0 Å². The Kier molecular flexibility index (Phi) is 8.64. The van der Waals surface area contributed by atoms with E-state index in [-0.39, 0.29) is 5.25 Å². The topological polar surface area (TPSA) is 17.1 Å². The maximum atomic E-state index is 12.2. The molecule has 0 aliphatic carbocycles. The Morgan fingerprint density at radius 3 is 2.37 bits per heavy atom. The number of thioether (sulfide) groups is 1. The number of unbranched alkanes of at least 4 members (excludes halogenated alkanes) is 4. The Morgan fingerprint density at radius 2 is 1.74 bits per heavy atom. The van der Waals surface area contributed by atoms with Gasteiger partial charge in [0.2, 0.25) is 0 Å². The summed E-state index contributed by atoms with van der Waals surface area (Å²) in [6, 6.07) is 10.2. The van der Waals surface area contributed by atoms with Crippen LogP contribution >= 0.6 is 11.8 Å². The van der Waals surface area contributed by atoms with E-state index in [2.05, 4.69) is 26.0 Å². The summed E-state index contributed by atoms with van der Waals surface area (Å²) in [5, 5.41) is 0.133. The highest BCUT2D eigenvalue weighted by atomic mass is 32.2. The van der Waals surface area contributed by atoms with Crippen LogP contribution in [0.3, 0.4) is 0 Å². The van der Waals surface area contributed by atoms with Gasteiger partial charge in [-0.15, -0.1) is 11.8 Å². The van der Waals surface area contributed by atoms with Crippen LogP contribution in [0.2, 0.25) is 0 Å². The first kappa shape index (κ1) is 16.3. The van der Waals surface area contributed by atoms with E-state index in [0.29, 0.717) is 5.78 Å². The summed E-state index contributed by atoms with van der Waals surface area (Å²) in [4.78, 5) is 13.4.